The predicted octanol–water partition coefficient (Wildman–Crippen LogP) is 3.91. The van der Waals surface area contributed by atoms with E-state index in [0.29, 0.717) is 5.56 Å². The van der Waals surface area contributed by atoms with E-state index in [1.54, 1.807) is 31.5 Å². The van der Waals surface area contributed by atoms with Gasteiger partial charge in [0.25, 0.3) is 0 Å². The minimum Gasteiger partial charge on any atom is -0.480 e. The minimum absolute atomic E-state index is 0.0118. The highest BCUT2D eigenvalue weighted by Gasteiger charge is 2.24. The Labute approximate surface area is 192 Å². The van der Waals surface area contributed by atoms with Gasteiger partial charge in [-0.15, -0.1) is 0 Å². The SMILES string of the molecule is CC(C)(C)OC(=O)Cn1cc(CC(NC(=O)OCc2ccccc2)C(=O)O)c2ccccc21. The van der Waals surface area contributed by atoms with Crippen LogP contribution in [0.4, 0.5) is 4.79 Å². The maximum Gasteiger partial charge on any atom is 0.408 e. The van der Waals surface area contributed by atoms with Crippen LogP contribution >= 0.6 is 0 Å². The summed E-state index contributed by atoms with van der Waals surface area (Å²) in [4.78, 5) is 36.4. The molecular weight excluding hydrogens is 424 g/mol. The first-order valence-corrected chi connectivity index (χ1v) is 10.6. The number of rotatable bonds is 8. The van der Waals surface area contributed by atoms with Gasteiger partial charge in [-0.2, -0.15) is 0 Å². The Morgan fingerprint density at radius 3 is 2.36 bits per heavy atom. The van der Waals surface area contributed by atoms with E-state index < -0.39 is 29.7 Å². The number of carbonyl (C=O) groups is 3. The van der Waals surface area contributed by atoms with Crippen LogP contribution in [0.1, 0.15) is 31.9 Å². The van der Waals surface area contributed by atoms with E-state index in [2.05, 4.69) is 5.32 Å². The van der Waals surface area contributed by atoms with E-state index in [-0.39, 0.29) is 19.6 Å². The zero-order valence-corrected chi connectivity index (χ0v) is 18.9. The molecule has 0 aliphatic heterocycles. The van der Waals surface area contributed by atoms with Gasteiger partial charge in [0.15, 0.2) is 0 Å². The van der Waals surface area contributed by atoms with Gasteiger partial charge in [0.2, 0.25) is 0 Å². The second kappa shape index (κ2) is 10.2. The van der Waals surface area contributed by atoms with Crippen LogP contribution in [0.5, 0.6) is 0 Å². The van der Waals surface area contributed by atoms with E-state index in [4.69, 9.17) is 9.47 Å². The van der Waals surface area contributed by atoms with Crippen molar-refractivity contribution in [2.24, 2.45) is 0 Å². The van der Waals surface area contributed by atoms with Crippen molar-refractivity contribution in [2.75, 3.05) is 0 Å². The summed E-state index contributed by atoms with van der Waals surface area (Å²) in [5, 5.41) is 12.9. The van der Waals surface area contributed by atoms with Crippen molar-refractivity contribution in [1.82, 2.24) is 9.88 Å². The Hall–Kier alpha value is -3.81. The fourth-order valence-corrected chi connectivity index (χ4v) is 3.46. The smallest absolute Gasteiger partial charge is 0.408 e. The third kappa shape index (κ3) is 6.83. The second-order valence-electron chi connectivity index (χ2n) is 8.69. The van der Waals surface area contributed by atoms with E-state index in [0.717, 1.165) is 16.5 Å². The number of esters is 1. The maximum atomic E-state index is 12.3. The molecule has 2 aromatic carbocycles. The highest BCUT2D eigenvalue weighted by Crippen LogP contribution is 2.23. The highest BCUT2D eigenvalue weighted by atomic mass is 16.6. The van der Waals surface area contributed by atoms with Crippen LogP contribution in [0, 0.1) is 0 Å². The Bertz CT molecular complexity index is 1130. The molecule has 1 amide bonds. The van der Waals surface area contributed by atoms with Crippen LogP contribution in [0.25, 0.3) is 10.9 Å². The summed E-state index contributed by atoms with van der Waals surface area (Å²) < 4.78 is 12.3. The van der Waals surface area contributed by atoms with Gasteiger partial charge in [-0.25, -0.2) is 9.59 Å². The molecule has 1 aromatic heterocycles. The summed E-state index contributed by atoms with van der Waals surface area (Å²) in [5.74, 6) is -1.58. The lowest BCUT2D eigenvalue weighted by molar-refractivity contribution is -0.155. The largest absolute Gasteiger partial charge is 0.480 e. The number of hydrogen-bond acceptors (Lipinski definition) is 5. The number of carboxylic acids is 1. The molecule has 1 unspecified atom stereocenters. The predicted molar refractivity (Wildman–Crippen MR) is 123 cm³/mol. The molecule has 0 bridgehead atoms. The summed E-state index contributed by atoms with van der Waals surface area (Å²) in [6.07, 6.45) is 0.933. The third-order valence-corrected chi connectivity index (χ3v) is 4.82. The van der Waals surface area contributed by atoms with Gasteiger partial charge >= 0.3 is 18.0 Å². The molecule has 0 aliphatic rings. The van der Waals surface area contributed by atoms with Crippen LogP contribution in [-0.2, 0) is 38.6 Å². The number of carboxylic acid groups (broad SMARTS) is 1. The second-order valence-corrected chi connectivity index (χ2v) is 8.69. The lowest BCUT2D eigenvalue weighted by Crippen LogP contribution is -2.42. The average molecular weight is 453 g/mol. The number of hydrogen-bond donors (Lipinski definition) is 2. The van der Waals surface area contributed by atoms with E-state index in [1.807, 2.05) is 54.6 Å². The highest BCUT2D eigenvalue weighted by molar-refractivity contribution is 5.87. The van der Waals surface area contributed by atoms with Crippen LogP contribution in [0.15, 0.2) is 60.8 Å². The number of aliphatic carboxylic acids is 1. The number of para-hydroxylation sites is 1. The summed E-state index contributed by atoms with van der Waals surface area (Å²) in [5.41, 5.74) is 1.64. The van der Waals surface area contributed by atoms with Crippen LogP contribution < -0.4 is 5.32 Å². The van der Waals surface area contributed by atoms with E-state index >= 15 is 0 Å². The molecule has 0 saturated heterocycles. The fraction of sp³-hybridized carbons (Fsp3) is 0.320. The summed E-state index contributed by atoms with van der Waals surface area (Å²) in [7, 11) is 0. The van der Waals surface area contributed by atoms with Crippen molar-refractivity contribution in [3.8, 4) is 0 Å². The number of carbonyl (C=O) groups excluding carboxylic acids is 2. The first-order chi connectivity index (χ1) is 15.6. The molecule has 0 radical (unpaired) electrons. The molecular formula is C25H28N2O6. The van der Waals surface area contributed by atoms with Crippen molar-refractivity contribution in [2.45, 2.75) is 52.0 Å². The van der Waals surface area contributed by atoms with Gasteiger partial charge in [0, 0.05) is 23.5 Å². The van der Waals surface area contributed by atoms with Crippen molar-refractivity contribution >= 4 is 28.9 Å². The zero-order valence-electron chi connectivity index (χ0n) is 18.9. The van der Waals surface area contributed by atoms with Gasteiger partial charge in [-0.3, -0.25) is 4.79 Å². The standard InChI is InChI=1S/C25H28N2O6/c1-25(2,3)33-22(28)15-27-14-18(19-11-7-8-12-21(19)27)13-20(23(29)30)26-24(31)32-16-17-9-5-4-6-10-17/h4-12,14,20H,13,15-16H2,1-3H3,(H,26,31)(H,29,30). The molecule has 0 aliphatic carbocycles. The zero-order chi connectivity index (χ0) is 24.0. The van der Waals surface area contributed by atoms with Gasteiger partial charge in [-0.05, 0) is 38.0 Å². The lowest BCUT2D eigenvalue weighted by Gasteiger charge is -2.19. The van der Waals surface area contributed by atoms with E-state index in [1.165, 1.54) is 0 Å². The molecule has 33 heavy (non-hydrogen) atoms. The summed E-state index contributed by atoms with van der Waals surface area (Å²) in [6.45, 7) is 5.41. The molecule has 8 nitrogen and oxygen atoms in total. The first-order valence-electron chi connectivity index (χ1n) is 10.6. The van der Waals surface area contributed by atoms with Crippen LogP contribution in [-0.4, -0.2) is 39.3 Å². The van der Waals surface area contributed by atoms with E-state index in [9.17, 15) is 19.5 Å². The molecule has 174 valence electrons. The number of amides is 1. The van der Waals surface area contributed by atoms with Gasteiger partial charge in [-0.1, -0.05) is 48.5 Å². The number of fused-ring (bicyclic) bond motifs is 1. The monoisotopic (exact) mass is 452 g/mol. The first kappa shape index (κ1) is 23.8. The number of benzene rings is 2. The van der Waals surface area contributed by atoms with Crippen LogP contribution in [0.2, 0.25) is 0 Å². The Kier molecular flexibility index (Phi) is 7.37. The maximum absolute atomic E-state index is 12.3. The number of ether oxygens (including phenoxy) is 2. The van der Waals surface area contributed by atoms with Gasteiger partial charge in [0.1, 0.15) is 24.8 Å². The molecule has 3 aromatic rings. The number of alkyl carbamates (subject to hydrolysis) is 1. The van der Waals surface area contributed by atoms with Gasteiger partial charge in [0.05, 0.1) is 0 Å². The Morgan fingerprint density at radius 1 is 1.03 bits per heavy atom. The molecule has 3 rings (SSSR count). The van der Waals surface area contributed by atoms with Crippen molar-refractivity contribution in [3.63, 3.8) is 0 Å². The molecule has 0 fully saturated rings. The quantitative estimate of drug-likeness (QED) is 0.502. The Balaban J connectivity index is 1.73. The summed E-state index contributed by atoms with van der Waals surface area (Å²) >= 11 is 0. The van der Waals surface area contributed by atoms with Crippen molar-refractivity contribution < 1.29 is 29.0 Å². The number of nitrogens with one attached hydrogen (secondary N) is 1. The molecule has 2 N–H and O–H groups in total. The molecule has 1 heterocycles. The summed E-state index contributed by atoms with van der Waals surface area (Å²) in [6, 6.07) is 15.3. The molecule has 0 spiro atoms. The fourth-order valence-electron chi connectivity index (χ4n) is 3.46. The minimum atomic E-state index is -1.20. The third-order valence-electron chi connectivity index (χ3n) is 4.82. The molecule has 0 saturated carbocycles. The average Bonchev–Trinajstić information content (AvgIpc) is 3.08. The topological polar surface area (TPSA) is 107 Å². The van der Waals surface area contributed by atoms with Crippen LogP contribution in [0.3, 0.4) is 0 Å². The van der Waals surface area contributed by atoms with Gasteiger partial charge < -0.3 is 24.5 Å². The molecule has 1 atom stereocenters. The number of aromatic nitrogens is 1. The molecule has 8 heteroatoms. The number of nitrogens with zero attached hydrogens (tertiary/aromatic N) is 1. The van der Waals surface area contributed by atoms with Crippen molar-refractivity contribution in [3.05, 3.63) is 71.9 Å². The lowest BCUT2D eigenvalue weighted by atomic mass is 10.1. The normalized spacial score (nSPS) is 12.2. The van der Waals surface area contributed by atoms with Crippen molar-refractivity contribution in [1.29, 1.82) is 0 Å². The Morgan fingerprint density at radius 2 is 1.70 bits per heavy atom.